The normalized spacial score (nSPS) is 19.1. The lowest BCUT2D eigenvalue weighted by atomic mass is 9.91. The molecule has 3 aromatic rings. The lowest BCUT2D eigenvalue weighted by molar-refractivity contribution is 0.400. The van der Waals surface area contributed by atoms with Crippen LogP contribution in [0.15, 0.2) is 54.6 Å². The van der Waals surface area contributed by atoms with Crippen LogP contribution in [0, 0.1) is 0 Å². The van der Waals surface area contributed by atoms with Crippen LogP contribution in [0.5, 0.6) is 0 Å². The third-order valence-electron chi connectivity index (χ3n) is 4.73. The molecule has 1 heterocycles. The molecule has 0 aliphatic carbocycles. The molecule has 21 heavy (non-hydrogen) atoms. The van der Waals surface area contributed by atoms with Crippen LogP contribution >= 0.6 is 0 Å². The van der Waals surface area contributed by atoms with Gasteiger partial charge < -0.3 is 5.32 Å². The highest BCUT2D eigenvalue weighted by Gasteiger charge is 2.15. The summed E-state index contributed by atoms with van der Waals surface area (Å²) in [5, 5.41) is 9.22. The Kier molecular flexibility index (Phi) is 3.36. The van der Waals surface area contributed by atoms with Gasteiger partial charge in [-0.3, -0.25) is 0 Å². The van der Waals surface area contributed by atoms with E-state index in [1.807, 2.05) is 0 Å². The summed E-state index contributed by atoms with van der Waals surface area (Å²) < 4.78 is 0. The average molecular weight is 275 g/mol. The zero-order chi connectivity index (χ0) is 14.1. The van der Waals surface area contributed by atoms with Crippen molar-refractivity contribution in [2.24, 2.45) is 0 Å². The van der Waals surface area contributed by atoms with Gasteiger partial charge in [0.1, 0.15) is 0 Å². The van der Waals surface area contributed by atoms with Crippen LogP contribution in [-0.4, -0.2) is 12.6 Å². The number of rotatable bonds is 2. The summed E-state index contributed by atoms with van der Waals surface area (Å²) >= 11 is 0. The van der Waals surface area contributed by atoms with Crippen molar-refractivity contribution in [2.75, 3.05) is 6.54 Å². The second-order valence-electron chi connectivity index (χ2n) is 6.15. The van der Waals surface area contributed by atoms with Gasteiger partial charge in [-0.25, -0.2) is 0 Å². The highest BCUT2D eigenvalue weighted by atomic mass is 14.9. The quantitative estimate of drug-likeness (QED) is 0.670. The molecule has 1 fully saturated rings. The van der Waals surface area contributed by atoms with Crippen molar-refractivity contribution in [1.82, 2.24) is 5.32 Å². The fourth-order valence-corrected chi connectivity index (χ4v) is 3.66. The van der Waals surface area contributed by atoms with Crippen LogP contribution in [0.1, 0.15) is 24.8 Å². The van der Waals surface area contributed by atoms with Gasteiger partial charge in [-0.05, 0) is 52.9 Å². The van der Waals surface area contributed by atoms with Gasteiger partial charge in [0.15, 0.2) is 0 Å². The Morgan fingerprint density at radius 2 is 1.62 bits per heavy atom. The minimum Gasteiger partial charge on any atom is -0.314 e. The number of benzene rings is 3. The Bertz CT molecular complexity index is 769. The predicted octanol–water partition coefficient (Wildman–Crippen LogP) is 4.68. The summed E-state index contributed by atoms with van der Waals surface area (Å²) in [7, 11) is 0. The first-order valence-corrected chi connectivity index (χ1v) is 8.04. The minimum absolute atomic E-state index is 0.642. The number of hydrogen-bond acceptors (Lipinski definition) is 1. The average Bonchev–Trinajstić information content (AvgIpc) is 2.56. The Hall–Kier alpha value is -1.86. The van der Waals surface area contributed by atoms with Gasteiger partial charge in [-0.2, -0.15) is 0 Å². The number of hydrogen-bond donors (Lipinski definition) is 1. The van der Waals surface area contributed by atoms with Gasteiger partial charge in [0, 0.05) is 6.04 Å². The van der Waals surface area contributed by atoms with Gasteiger partial charge in [-0.15, -0.1) is 0 Å². The highest BCUT2D eigenvalue weighted by Crippen LogP contribution is 2.30. The molecule has 0 spiro atoms. The van der Waals surface area contributed by atoms with E-state index in [0.29, 0.717) is 6.04 Å². The van der Waals surface area contributed by atoms with Crippen molar-refractivity contribution >= 4 is 21.5 Å². The van der Waals surface area contributed by atoms with Gasteiger partial charge in [0.25, 0.3) is 0 Å². The molecule has 0 bridgehead atoms. The maximum atomic E-state index is 3.68. The maximum Gasteiger partial charge on any atom is 0.0108 e. The third-order valence-corrected chi connectivity index (χ3v) is 4.73. The molecule has 3 aromatic carbocycles. The summed E-state index contributed by atoms with van der Waals surface area (Å²) in [6.45, 7) is 1.18. The molecule has 1 aliphatic heterocycles. The van der Waals surface area contributed by atoms with Crippen molar-refractivity contribution in [2.45, 2.75) is 31.7 Å². The van der Waals surface area contributed by atoms with Gasteiger partial charge in [0.05, 0.1) is 0 Å². The van der Waals surface area contributed by atoms with E-state index in [1.165, 1.54) is 52.9 Å². The Balaban J connectivity index is 1.85. The molecule has 1 aliphatic rings. The first-order chi connectivity index (χ1) is 10.4. The van der Waals surface area contributed by atoms with E-state index in [0.717, 1.165) is 6.42 Å². The maximum absolute atomic E-state index is 3.68. The molecular weight excluding hydrogens is 254 g/mol. The topological polar surface area (TPSA) is 12.0 Å². The molecule has 1 saturated heterocycles. The summed E-state index contributed by atoms with van der Waals surface area (Å²) in [5.74, 6) is 0. The fourth-order valence-electron chi connectivity index (χ4n) is 3.66. The molecule has 4 rings (SSSR count). The standard InChI is InChI=1S/C20H21N/c1-2-9-18-15(7-1)13-16(14-17-8-5-6-12-21-17)19-10-3-4-11-20(18)19/h1-4,7,9-11,13,17,21H,5-6,8,12,14H2. The van der Waals surface area contributed by atoms with E-state index in [-0.39, 0.29) is 0 Å². The van der Waals surface area contributed by atoms with E-state index >= 15 is 0 Å². The molecule has 1 atom stereocenters. The molecular formula is C20H21N. The minimum atomic E-state index is 0.642. The zero-order valence-corrected chi connectivity index (χ0v) is 12.3. The predicted molar refractivity (Wildman–Crippen MR) is 90.8 cm³/mol. The van der Waals surface area contributed by atoms with Gasteiger partial charge in [0.2, 0.25) is 0 Å². The summed E-state index contributed by atoms with van der Waals surface area (Å²) in [5.41, 5.74) is 1.49. The van der Waals surface area contributed by atoms with Crippen molar-refractivity contribution in [3.63, 3.8) is 0 Å². The monoisotopic (exact) mass is 275 g/mol. The SMILES string of the molecule is c1ccc2c(c1)cc(CC1CCCCN1)c1ccccc12. The highest BCUT2D eigenvalue weighted by molar-refractivity contribution is 6.08. The first-order valence-electron chi connectivity index (χ1n) is 8.04. The first kappa shape index (κ1) is 12.8. The van der Waals surface area contributed by atoms with Crippen LogP contribution in [-0.2, 0) is 6.42 Å². The second-order valence-corrected chi connectivity index (χ2v) is 6.15. The van der Waals surface area contributed by atoms with Crippen molar-refractivity contribution in [3.05, 3.63) is 60.2 Å². The van der Waals surface area contributed by atoms with Crippen LogP contribution < -0.4 is 5.32 Å². The molecule has 0 radical (unpaired) electrons. The van der Waals surface area contributed by atoms with Crippen LogP contribution in [0.25, 0.3) is 21.5 Å². The third kappa shape index (κ3) is 2.43. The van der Waals surface area contributed by atoms with E-state index in [1.54, 1.807) is 0 Å². The van der Waals surface area contributed by atoms with Crippen LogP contribution in [0.2, 0.25) is 0 Å². The van der Waals surface area contributed by atoms with E-state index < -0.39 is 0 Å². The number of fused-ring (bicyclic) bond motifs is 3. The molecule has 1 heteroatoms. The number of nitrogens with one attached hydrogen (secondary N) is 1. The molecule has 1 unspecified atom stereocenters. The molecule has 1 N–H and O–H groups in total. The van der Waals surface area contributed by atoms with Crippen molar-refractivity contribution in [3.8, 4) is 0 Å². The lowest BCUT2D eigenvalue weighted by Crippen LogP contribution is -2.35. The molecule has 106 valence electrons. The van der Waals surface area contributed by atoms with Gasteiger partial charge >= 0.3 is 0 Å². The Labute approximate surface area is 126 Å². The molecule has 0 amide bonds. The summed E-state index contributed by atoms with van der Waals surface area (Å²) in [6, 6.07) is 20.6. The van der Waals surface area contributed by atoms with Crippen LogP contribution in [0.3, 0.4) is 0 Å². The second kappa shape index (κ2) is 5.50. The largest absolute Gasteiger partial charge is 0.314 e. The fraction of sp³-hybridized carbons (Fsp3) is 0.300. The van der Waals surface area contributed by atoms with Gasteiger partial charge in [-0.1, -0.05) is 61.0 Å². The van der Waals surface area contributed by atoms with E-state index in [2.05, 4.69) is 59.9 Å². The van der Waals surface area contributed by atoms with E-state index in [4.69, 9.17) is 0 Å². The van der Waals surface area contributed by atoms with Crippen LogP contribution in [0.4, 0.5) is 0 Å². The van der Waals surface area contributed by atoms with Crippen molar-refractivity contribution < 1.29 is 0 Å². The molecule has 1 nitrogen and oxygen atoms in total. The lowest BCUT2D eigenvalue weighted by Gasteiger charge is -2.24. The smallest absolute Gasteiger partial charge is 0.0108 e. The van der Waals surface area contributed by atoms with E-state index in [9.17, 15) is 0 Å². The Morgan fingerprint density at radius 1 is 0.857 bits per heavy atom. The number of piperidine rings is 1. The molecule has 0 aromatic heterocycles. The Morgan fingerprint density at radius 3 is 2.43 bits per heavy atom. The van der Waals surface area contributed by atoms with Crippen molar-refractivity contribution in [1.29, 1.82) is 0 Å². The summed E-state index contributed by atoms with van der Waals surface area (Å²) in [6.07, 6.45) is 5.14. The summed E-state index contributed by atoms with van der Waals surface area (Å²) in [4.78, 5) is 0. The molecule has 0 saturated carbocycles. The zero-order valence-electron chi connectivity index (χ0n) is 12.3.